The Kier molecular flexibility index (Phi) is 6.21. The monoisotopic (exact) mass is 192 g/mol. The van der Waals surface area contributed by atoms with Crippen LogP contribution in [0.25, 0.3) is 0 Å². The average molecular weight is 194 g/mol. The third-order valence-corrected chi connectivity index (χ3v) is 2.08. The Labute approximate surface area is 62.6 Å². The lowest BCUT2D eigenvalue weighted by molar-refractivity contribution is 2.56. The van der Waals surface area contributed by atoms with Gasteiger partial charge in [-0.15, -0.1) is 39.8 Å². The van der Waals surface area contributed by atoms with Gasteiger partial charge < -0.3 is 0 Å². The van der Waals surface area contributed by atoms with E-state index in [-0.39, 0.29) is 11.0 Å². The highest BCUT2D eigenvalue weighted by Crippen LogP contribution is 2.19. The molecule has 0 aliphatic heterocycles. The summed E-state index contributed by atoms with van der Waals surface area (Å²) in [5.41, 5.74) is 1.37. The van der Waals surface area contributed by atoms with Crippen molar-refractivity contribution in [3.63, 3.8) is 0 Å². The SMILES string of the molecule is C=C[Si](Cl)(Cl)Cl.[SiH4]. The molecule has 0 bridgehead atoms. The van der Waals surface area contributed by atoms with Gasteiger partial charge in [-0.1, -0.05) is 5.70 Å². The minimum atomic E-state index is -2.45. The van der Waals surface area contributed by atoms with Crippen molar-refractivity contribution in [3.05, 3.63) is 12.3 Å². The summed E-state index contributed by atoms with van der Waals surface area (Å²) in [6.45, 7) is 3.30. The number of halogens is 3. The zero-order valence-corrected chi connectivity index (χ0v) is 6.19. The average Bonchev–Trinajstić information content (AvgIpc) is 1.35. The van der Waals surface area contributed by atoms with Crippen LogP contribution in [-0.2, 0) is 0 Å². The van der Waals surface area contributed by atoms with E-state index in [1.54, 1.807) is 0 Å². The molecule has 44 valence electrons. The van der Waals surface area contributed by atoms with Crippen LogP contribution < -0.4 is 0 Å². The molecule has 0 atom stereocenters. The third kappa shape index (κ3) is 11.0. The van der Waals surface area contributed by atoms with E-state index in [2.05, 4.69) is 6.58 Å². The maximum Gasteiger partial charge on any atom is 0.365 e. The van der Waals surface area contributed by atoms with E-state index in [0.29, 0.717) is 0 Å². The number of rotatable bonds is 1. The highest BCUT2D eigenvalue weighted by Gasteiger charge is 2.17. The van der Waals surface area contributed by atoms with Gasteiger partial charge in [0, 0.05) is 0 Å². The van der Waals surface area contributed by atoms with Crippen LogP contribution in [0, 0.1) is 0 Å². The smallest absolute Gasteiger partial charge is 0.121 e. The summed E-state index contributed by atoms with van der Waals surface area (Å²) in [6, 6.07) is -2.45. The summed E-state index contributed by atoms with van der Waals surface area (Å²) in [6.07, 6.45) is 0. The van der Waals surface area contributed by atoms with E-state index in [9.17, 15) is 0 Å². The largest absolute Gasteiger partial charge is 0.365 e. The molecule has 0 rings (SSSR count). The molecule has 0 fully saturated rings. The Balaban J connectivity index is 0. The molecular weight excluding hydrogens is 187 g/mol. The fourth-order valence-electron chi connectivity index (χ4n) is 0. The minimum absolute atomic E-state index is 0. The lowest BCUT2D eigenvalue weighted by Crippen LogP contribution is -2.01. The zero-order valence-electron chi connectivity index (χ0n) is 2.92. The van der Waals surface area contributed by atoms with Gasteiger partial charge in [-0.05, 0) is 11.0 Å². The first kappa shape index (κ1) is 10.9. The Morgan fingerprint density at radius 3 is 1.43 bits per heavy atom. The van der Waals surface area contributed by atoms with E-state index in [0.717, 1.165) is 0 Å². The minimum Gasteiger partial charge on any atom is -0.121 e. The highest BCUT2D eigenvalue weighted by molar-refractivity contribution is 7.66. The summed E-state index contributed by atoms with van der Waals surface area (Å²) in [7, 11) is 0. The van der Waals surface area contributed by atoms with Crippen molar-refractivity contribution in [1.82, 2.24) is 0 Å². The van der Waals surface area contributed by atoms with E-state index >= 15 is 0 Å². The molecule has 0 spiro atoms. The molecule has 0 unspecified atom stereocenters. The van der Waals surface area contributed by atoms with Gasteiger partial charge in [0.25, 0.3) is 0 Å². The third-order valence-electron chi connectivity index (χ3n) is 0.231. The van der Waals surface area contributed by atoms with Crippen LogP contribution in [0.3, 0.4) is 0 Å². The van der Waals surface area contributed by atoms with E-state index in [4.69, 9.17) is 33.2 Å². The van der Waals surface area contributed by atoms with Gasteiger partial charge >= 0.3 is 6.00 Å². The lowest BCUT2D eigenvalue weighted by Gasteiger charge is -1.92. The van der Waals surface area contributed by atoms with Crippen LogP contribution in [0.1, 0.15) is 0 Å². The van der Waals surface area contributed by atoms with Crippen molar-refractivity contribution in [2.75, 3.05) is 0 Å². The molecule has 0 saturated carbocycles. The molecule has 0 aliphatic rings. The van der Waals surface area contributed by atoms with Crippen molar-refractivity contribution >= 4 is 50.2 Å². The Bertz CT molecular complexity index is 56.4. The Hall–Kier alpha value is 1.04. The lowest BCUT2D eigenvalue weighted by atomic mass is 11.3. The van der Waals surface area contributed by atoms with Gasteiger partial charge in [-0.25, -0.2) is 0 Å². The standard InChI is InChI=1S/C2H3Cl3Si.H4Si/c1-2-6(3,4)5;/h2H,1H2;1H4. The van der Waals surface area contributed by atoms with Crippen molar-refractivity contribution < 1.29 is 0 Å². The predicted molar refractivity (Wildman–Crippen MR) is 44.8 cm³/mol. The fraction of sp³-hybridized carbons (Fsp3) is 0. The molecule has 5 heteroatoms. The van der Waals surface area contributed by atoms with Crippen molar-refractivity contribution in [3.8, 4) is 0 Å². The Morgan fingerprint density at radius 2 is 1.43 bits per heavy atom. The molecule has 0 amide bonds. The number of hydrogen-bond acceptors (Lipinski definition) is 0. The fourth-order valence-corrected chi connectivity index (χ4v) is 0. The van der Waals surface area contributed by atoms with Crippen LogP contribution in [-0.4, -0.2) is 17.0 Å². The summed E-state index contributed by atoms with van der Waals surface area (Å²) in [5.74, 6) is 0. The van der Waals surface area contributed by atoms with Crippen molar-refractivity contribution in [2.24, 2.45) is 0 Å². The normalized spacial score (nSPS) is 9.57. The van der Waals surface area contributed by atoms with Crippen molar-refractivity contribution in [1.29, 1.82) is 0 Å². The van der Waals surface area contributed by atoms with Crippen LogP contribution in [0.15, 0.2) is 12.3 Å². The molecule has 0 aromatic heterocycles. The number of hydrogen-bond donors (Lipinski definition) is 0. The molecule has 0 aliphatic carbocycles. The second kappa shape index (κ2) is 3.98. The first-order valence-corrected chi connectivity index (χ1v) is 6.38. The second-order valence-corrected chi connectivity index (χ2v) is 9.34. The van der Waals surface area contributed by atoms with Gasteiger partial charge in [-0.3, -0.25) is 0 Å². The molecule has 7 heavy (non-hydrogen) atoms. The van der Waals surface area contributed by atoms with Crippen LogP contribution >= 0.6 is 33.2 Å². The van der Waals surface area contributed by atoms with Gasteiger partial charge in [0.2, 0.25) is 0 Å². The van der Waals surface area contributed by atoms with Gasteiger partial charge in [0.15, 0.2) is 0 Å². The predicted octanol–water partition coefficient (Wildman–Crippen LogP) is 0.915. The first-order valence-electron chi connectivity index (χ1n) is 1.26. The van der Waals surface area contributed by atoms with Gasteiger partial charge in [0.05, 0.1) is 0 Å². The van der Waals surface area contributed by atoms with Gasteiger partial charge in [0.1, 0.15) is 0 Å². The molecule has 0 heterocycles. The van der Waals surface area contributed by atoms with Crippen molar-refractivity contribution in [2.45, 2.75) is 0 Å². The topological polar surface area (TPSA) is 0 Å². The molecular formula is C2H7Cl3Si2. The second-order valence-electron chi connectivity index (χ2n) is 0.746. The summed E-state index contributed by atoms with van der Waals surface area (Å²) in [4.78, 5) is 0. The molecule has 0 aromatic carbocycles. The van der Waals surface area contributed by atoms with Crippen LogP contribution in [0.2, 0.25) is 0 Å². The maximum absolute atomic E-state index is 5.27. The van der Waals surface area contributed by atoms with E-state index in [1.807, 2.05) is 0 Å². The van der Waals surface area contributed by atoms with E-state index < -0.39 is 6.00 Å². The maximum atomic E-state index is 5.27. The molecule has 0 aromatic rings. The van der Waals surface area contributed by atoms with E-state index in [1.165, 1.54) is 5.70 Å². The summed E-state index contributed by atoms with van der Waals surface area (Å²) in [5, 5.41) is 0. The summed E-state index contributed by atoms with van der Waals surface area (Å²) >= 11 is 15.8. The molecule has 0 N–H and O–H groups in total. The highest BCUT2D eigenvalue weighted by atomic mass is 35.8. The van der Waals surface area contributed by atoms with Crippen LogP contribution in [0.5, 0.6) is 0 Å². The molecule has 0 radical (unpaired) electrons. The quantitative estimate of drug-likeness (QED) is 0.429. The van der Waals surface area contributed by atoms with Gasteiger partial charge in [-0.2, -0.15) is 0 Å². The zero-order chi connectivity index (χ0) is 5.21. The molecule has 0 saturated heterocycles. The Morgan fingerprint density at radius 1 is 1.29 bits per heavy atom. The van der Waals surface area contributed by atoms with Crippen LogP contribution in [0.4, 0.5) is 0 Å². The summed E-state index contributed by atoms with van der Waals surface area (Å²) < 4.78 is 0. The first-order chi connectivity index (χ1) is 2.56. The molecule has 0 nitrogen and oxygen atoms in total.